The quantitative estimate of drug-likeness (QED) is 0.131. The maximum atomic E-state index is 11.8. The maximum absolute atomic E-state index is 11.8. The second-order valence-electron chi connectivity index (χ2n) is 8.81. The van der Waals surface area contributed by atoms with Crippen molar-refractivity contribution in [2.24, 2.45) is 0 Å². The Balaban J connectivity index is 1.90. The summed E-state index contributed by atoms with van der Waals surface area (Å²) < 4.78 is 59.7. The molecule has 15 atom stereocenters. The van der Waals surface area contributed by atoms with Crippen molar-refractivity contribution in [2.45, 2.75) is 98.2 Å². The van der Waals surface area contributed by atoms with Gasteiger partial charge in [-0.1, -0.05) is 0 Å². The molecule has 0 saturated carbocycles. The third-order valence-corrected chi connectivity index (χ3v) is 7.62. The Morgan fingerprint density at radius 3 is 1.78 bits per heavy atom. The van der Waals surface area contributed by atoms with Gasteiger partial charge in [-0.3, -0.25) is 4.55 Å². The Kier molecular flexibility index (Phi) is 9.65. The second-order valence-corrected chi connectivity index (χ2v) is 10.4. The molecule has 212 valence electrons. The number of hydrogen-bond acceptors (Lipinski definition) is 16. The van der Waals surface area contributed by atoms with Crippen LogP contribution in [0.4, 0.5) is 0 Å². The molecule has 0 aromatic rings. The summed E-state index contributed by atoms with van der Waals surface area (Å²) in [4.78, 5) is 0. The maximum Gasteiger partial charge on any atom is 0.273 e. The highest BCUT2D eigenvalue weighted by molar-refractivity contribution is 7.86. The first kappa shape index (κ1) is 29.9. The lowest BCUT2D eigenvalue weighted by Gasteiger charge is -2.48. The third kappa shape index (κ3) is 5.83. The summed E-state index contributed by atoms with van der Waals surface area (Å²) in [5.41, 5.74) is 0. The fraction of sp³-hybridized carbons (Fsp3) is 1.00. The first-order valence-electron chi connectivity index (χ1n) is 10.9. The molecular weight excluding hydrogens is 520 g/mol. The molecule has 3 rings (SSSR count). The molecule has 0 aliphatic carbocycles. The zero-order chi connectivity index (χ0) is 27.1. The predicted octanol–water partition coefficient (Wildman–Crippen LogP) is -6.65. The van der Waals surface area contributed by atoms with E-state index in [1.54, 1.807) is 0 Å². The summed E-state index contributed by atoms with van der Waals surface area (Å²) in [6, 6.07) is 0. The van der Waals surface area contributed by atoms with Crippen LogP contribution in [0.5, 0.6) is 0 Å². The smallest absolute Gasteiger partial charge is 0.273 e. The van der Waals surface area contributed by atoms with Crippen molar-refractivity contribution in [3.05, 3.63) is 0 Å². The van der Waals surface area contributed by atoms with Gasteiger partial charge in [0.1, 0.15) is 66.3 Å². The lowest BCUT2D eigenvalue weighted by Crippen LogP contribution is -2.67. The average molecular weight is 553 g/mol. The van der Waals surface area contributed by atoms with E-state index in [-0.39, 0.29) is 0 Å². The summed E-state index contributed by atoms with van der Waals surface area (Å²) >= 11 is 0. The van der Waals surface area contributed by atoms with Crippen LogP contribution in [0.1, 0.15) is 6.92 Å². The molecule has 0 aromatic heterocycles. The molecule has 0 aromatic carbocycles. The highest BCUT2D eigenvalue weighted by Crippen LogP contribution is 2.33. The lowest BCUT2D eigenvalue weighted by atomic mass is 9.96. The van der Waals surface area contributed by atoms with Crippen LogP contribution in [-0.2, 0) is 33.8 Å². The molecule has 0 spiro atoms. The van der Waals surface area contributed by atoms with Gasteiger partial charge in [0.25, 0.3) is 10.1 Å². The summed E-state index contributed by atoms with van der Waals surface area (Å²) in [6.07, 6.45) is -24.8. The largest absolute Gasteiger partial charge is 0.394 e. The van der Waals surface area contributed by atoms with E-state index in [4.69, 9.17) is 23.7 Å². The van der Waals surface area contributed by atoms with Gasteiger partial charge in [0, 0.05) is 0 Å². The Hall–Kier alpha value is -0.650. The Morgan fingerprint density at radius 1 is 0.667 bits per heavy atom. The minimum absolute atomic E-state index is 0.892. The van der Waals surface area contributed by atoms with Crippen LogP contribution >= 0.6 is 0 Å². The van der Waals surface area contributed by atoms with E-state index in [9.17, 15) is 58.9 Å². The highest BCUT2D eigenvalue weighted by Gasteiger charge is 2.55. The van der Waals surface area contributed by atoms with Gasteiger partial charge in [-0.2, -0.15) is 8.42 Å². The zero-order valence-corrected chi connectivity index (χ0v) is 19.6. The number of aliphatic hydroxyl groups is 9. The van der Waals surface area contributed by atoms with Gasteiger partial charge in [-0.25, -0.2) is 0 Å². The molecule has 3 aliphatic rings. The fourth-order valence-electron chi connectivity index (χ4n) is 4.33. The van der Waals surface area contributed by atoms with Crippen molar-refractivity contribution in [2.75, 3.05) is 13.2 Å². The predicted molar refractivity (Wildman–Crippen MR) is 109 cm³/mol. The molecule has 3 heterocycles. The lowest BCUT2D eigenvalue weighted by molar-refractivity contribution is -0.377. The molecule has 36 heavy (non-hydrogen) atoms. The van der Waals surface area contributed by atoms with E-state index in [1.807, 2.05) is 0 Å². The van der Waals surface area contributed by atoms with Crippen molar-refractivity contribution >= 4 is 10.1 Å². The van der Waals surface area contributed by atoms with Crippen molar-refractivity contribution in [3.8, 4) is 0 Å². The molecule has 3 saturated heterocycles. The number of aliphatic hydroxyl groups excluding tert-OH is 9. The third-order valence-electron chi connectivity index (χ3n) is 6.37. The minimum Gasteiger partial charge on any atom is -0.394 e. The van der Waals surface area contributed by atoms with E-state index in [1.165, 1.54) is 6.92 Å². The highest BCUT2D eigenvalue weighted by atomic mass is 32.2. The average Bonchev–Trinajstić information content (AvgIpc) is 2.80. The van der Waals surface area contributed by atoms with Gasteiger partial charge >= 0.3 is 0 Å². The molecule has 3 aliphatic heterocycles. The molecule has 18 heteroatoms. The monoisotopic (exact) mass is 552 g/mol. The molecular formula is C18H32O17S. The molecule has 0 bridgehead atoms. The van der Waals surface area contributed by atoms with Crippen LogP contribution in [0, 0.1) is 0 Å². The summed E-state index contributed by atoms with van der Waals surface area (Å²) in [5, 5.41) is 88.2. The first-order valence-corrected chi connectivity index (χ1v) is 12.4. The standard InChI is InChI=1S/C18H32O17S/c1-4-7(21)9(23)10(24)17(31-4)35-14-11(25)16(27)32-6(3-20)13(14)34-18-12(26)15(36(28,29)30)8(22)5(2-19)33-18/h4-27H,2-3H2,1H3,(H,28,29,30)/t4-,5-,6+,7+,8-,9+,10-,11+,12+,13+,14+,15-,16+,17-,18-/m0/s1. The van der Waals surface area contributed by atoms with Crippen LogP contribution in [0.2, 0.25) is 0 Å². The van der Waals surface area contributed by atoms with E-state index < -0.39 is 115 Å². The van der Waals surface area contributed by atoms with Crippen LogP contribution in [-0.4, -0.2) is 163 Å². The molecule has 10 N–H and O–H groups in total. The Labute approximate surface area is 204 Å². The van der Waals surface area contributed by atoms with E-state index in [2.05, 4.69) is 0 Å². The normalized spacial score (nSPS) is 50.7. The van der Waals surface area contributed by atoms with E-state index >= 15 is 0 Å². The van der Waals surface area contributed by atoms with Gasteiger partial charge in [-0.15, -0.1) is 0 Å². The van der Waals surface area contributed by atoms with Crippen LogP contribution in [0.15, 0.2) is 0 Å². The van der Waals surface area contributed by atoms with Crippen molar-refractivity contribution in [1.82, 2.24) is 0 Å². The number of ether oxygens (including phenoxy) is 5. The Morgan fingerprint density at radius 2 is 1.22 bits per heavy atom. The fourth-order valence-corrected chi connectivity index (χ4v) is 5.34. The van der Waals surface area contributed by atoms with E-state index in [0.29, 0.717) is 0 Å². The van der Waals surface area contributed by atoms with Gasteiger partial charge < -0.3 is 69.6 Å². The summed E-state index contributed by atoms with van der Waals surface area (Å²) in [6.45, 7) is -0.513. The first-order chi connectivity index (χ1) is 16.7. The van der Waals surface area contributed by atoms with E-state index in [0.717, 1.165) is 0 Å². The summed E-state index contributed by atoms with van der Waals surface area (Å²) in [5.74, 6) is 0. The Bertz CT molecular complexity index is 828. The van der Waals surface area contributed by atoms with Crippen LogP contribution < -0.4 is 0 Å². The number of hydrogen-bond donors (Lipinski definition) is 10. The topological polar surface area (TPSA) is 283 Å². The van der Waals surface area contributed by atoms with Crippen molar-refractivity contribution < 1.29 is 82.6 Å². The summed E-state index contributed by atoms with van der Waals surface area (Å²) in [7, 11) is -5.12. The van der Waals surface area contributed by atoms with Gasteiger partial charge in [0.15, 0.2) is 18.9 Å². The molecule has 0 amide bonds. The molecule has 0 unspecified atom stereocenters. The van der Waals surface area contributed by atoms with Crippen molar-refractivity contribution in [1.29, 1.82) is 0 Å². The van der Waals surface area contributed by atoms with Gasteiger partial charge in [0.2, 0.25) is 0 Å². The van der Waals surface area contributed by atoms with Gasteiger partial charge in [-0.05, 0) is 6.92 Å². The van der Waals surface area contributed by atoms with Crippen molar-refractivity contribution in [3.63, 3.8) is 0 Å². The SMILES string of the molecule is C[C@@H]1O[C@@H](O[C@@H]2[C@@H](O)[C@H](O)O[C@H](CO)[C@H]2O[C@@H]2O[C@@H](CO)[C@H](O)[C@H](S(=O)(=O)O)[C@H]2O)[C@@H](O)[C@H](O)[C@@H]1O. The minimum atomic E-state index is -5.12. The van der Waals surface area contributed by atoms with Crippen LogP contribution in [0.3, 0.4) is 0 Å². The molecule has 17 nitrogen and oxygen atoms in total. The molecule has 0 radical (unpaired) electrons. The number of rotatable bonds is 7. The van der Waals surface area contributed by atoms with Crippen LogP contribution in [0.25, 0.3) is 0 Å². The van der Waals surface area contributed by atoms with Gasteiger partial charge in [0.05, 0.1) is 19.3 Å². The zero-order valence-electron chi connectivity index (χ0n) is 18.8. The second kappa shape index (κ2) is 11.6. The molecule has 3 fully saturated rings.